The molecule has 0 aliphatic rings. The zero-order valence-corrected chi connectivity index (χ0v) is 16.7. The van der Waals surface area contributed by atoms with Crippen molar-refractivity contribution >= 4 is 11.8 Å². The minimum atomic E-state index is -0.499. The van der Waals surface area contributed by atoms with Crippen LogP contribution < -0.4 is 5.32 Å². The molecule has 0 heterocycles. The maximum Gasteiger partial charge on any atom is 0.410 e. The SMILES string of the molecule is Cc1ccc([C@@H](C)N(C)C(=O)OC(C)(C)C)cc1NCc1ccccc1. The average molecular weight is 354 g/mol. The van der Waals surface area contributed by atoms with Gasteiger partial charge in [-0.2, -0.15) is 0 Å². The van der Waals surface area contributed by atoms with Gasteiger partial charge in [-0.25, -0.2) is 4.79 Å². The van der Waals surface area contributed by atoms with Crippen LogP contribution >= 0.6 is 0 Å². The molecule has 4 nitrogen and oxygen atoms in total. The van der Waals surface area contributed by atoms with Crippen LogP contribution in [0.3, 0.4) is 0 Å². The summed E-state index contributed by atoms with van der Waals surface area (Å²) in [6, 6.07) is 16.5. The van der Waals surface area contributed by atoms with Crippen LogP contribution in [0, 0.1) is 6.92 Å². The fourth-order valence-electron chi connectivity index (χ4n) is 2.60. The summed E-state index contributed by atoms with van der Waals surface area (Å²) in [5, 5.41) is 3.50. The third kappa shape index (κ3) is 5.51. The molecule has 0 fully saturated rings. The summed E-state index contributed by atoms with van der Waals surface area (Å²) < 4.78 is 5.47. The van der Waals surface area contributed by atoms with Crippen molar-refractivity contribution in [1.82, 2.24) is 4.90 Å². The number of hydrogen-bond donors (Lipinski definition) is 1. The first-order valence-corrected chi connectivity index (χ1v) is 9.01. The van der Waals surface area contributed by atoms with Crippen LogP contribution in [0.25, 0.3) is 0 Å². The first-order valence-electron chi connectivity index (χ1n) is 9.01. The molecule has 0 saturated carbocycles. The summed E-state index contributed by atoms with van der Waals surface area (Å²) in [7, 11) is 1.77. The number of hydrogen-bond acceptors (Lipinski definition) is 3. The van der Waals surface area contributed by atoms with Gasteiger partial charge in [-0.1, -0.05) is 42.5 Å². The number of ether oxygens (including phenoxy) is 1. The zero-order chi connectivity index (χ0) is 19.3. The van der Waals surface area contributed by atoms with E-state index in [-0.39, 0.29) is 12.1 Å². The predicted octanol–water partition coefficient (Wildman–Crippen LogP) is 5.54. The average Bonchev–Trinajstić information content (AvgIpc) is 2.59. The first-order chi connectivity index (χ1) is 12.2. The summed E-state index contributed by atoms with van der Waals surface area (Å²) in [5.41, 5.74) is 4.06. The smallest absolute Gasteiger partial charge is 0.410 e. The van der Waals surface area contributed by atoms with Crippen LogP contribution in [0.4, 0.5) is 10.5 Å². The third-order valence-corrected chi connectivity index (χ3v) is 4.33. The Labute approximate surface area is 157 Å². The minimum absolute atomic E-state index is 0.0808. The molecular formula is C22H30N2O2. The molecule has 0 aromatic heterocycles. The van der Waals surface area contributed by atoms with Gasteiger partial charge < -0.3 is 15.0 Å². The van der Waals surface area contributed by atoms with Crippen molar-refractivity contribution in [3.63, 3.8) is 0 Å². The maximum absolute atomic E-state index is 12.3. The maximum atomic E-state index is 12.3. The first kappa shape index (κ1) is 19.8. The molecule has 1 amide bonds. The van der Waals surface area contributed by atoms with Crippen molar-refractivity contribution in [2.45, 2.75) is 52.8 Å². The van der Waals surface area contributed by atoms with Crippen LogP contribution in [0.5, 0.6) is 0 Å². The fourth-order valence-corrected chi connectivity index (χ4v) is 2.60. The molecule has 1 atom stereocenters. The van der Waals surface area contributed by atoms with Crippen molar-refractivity contribution in [2.24, 2.45) is 0 Å². The Morgan fingerprint density at radius 1 is 1.15 bits per heavy atom. The van der Waals surface area contributed by atoms with Crippen LogP contribution in [-0.4, -0.2) is 23.6 Å². The Morgan fingerprint density at radius 2 is 1.81 bits per heavy atom. The summed E-state index contributed by atoms with van der Waals surface area (Å²) in [6.45, 7) is 10.5. The monoisotopic (exact) mass is 354 g/mol. The number of aryl methyl sites for hydroxylation is 1. The van der Waals surface area contributed by atoms with Gasteiger partial charge in [-0.15, -0.1) is 0 Å². The number of benzene rings is 2. The van der Waals surface area contributed by atoms with E-state index in [4.69, 9.17) is 4.74 Å². The number of carbonyl (C=O) groups is 1. The second-order valence-corrected chi connectivity index (χ2v) is 7.68. The summed E-state index contributed by atoms with van der Waals surface area (Å²) >= 11 is 0. The molecule has 0 saturated heterocycles. The largest absolute Gasteiger partial charge is 0.444 e. The van der Waals surface area contributed by atoms with Gasteiger partial charge >= 0.3 is 6.09 Å². The van der Waals surface area contributed by atoms with Gasteiger partial charge in [0.2, 0.25) is 0 Å². The third-order valence-electron chi connectivity index (χ3n) is 4.33. The number of anilines is 1. The second kappa shape index (κ2) is 8.26. The molecule has 0 bridgehead atoms. The summed E-state index contributed by atoms with van der Waals surface area (Å²) in [4.78, 5) is 14.0. The van der Waals surface area contributed by atoms with Gasteiger partial charge in [0.25, 0.3) is 0 Å². The molecule has 0 radical (unpaired) electrons. The number of amides is 1. The molecule has 1 N–H and O–H groups in total. The van der Waals surface area contributed by atoms with Gasteiger partial charge in [-0.05, 0) is 57.4 Å². The molecule has 2 aromatic rings. The van der Waals surface area contributed by atoms with E-state index >= 15 is 0 Å². The number of rotatable bonds is 5. The van der Waals surface area contributed by atoms with Crippen LogP contribution in [0.2, 0.25) is 0 Å². The highest BCUT2D eigenvalue weighted by atomic mass is 16.6. The van der Waals surface area contributed by atoms with E-state index in [9.17, 15) is 4.79 Å². The number of carbonyl (C=O) groups excluding carboxylic acids is 1. The highest BCUT2D eigenvalue weighted by Gasteiger charge is 2.24. The van der Waals surface area contributed by atoms with E-state index in [1.54, 1.807) is 11.9 Å². The van der Waals surface area contributed by atoms with Gasteiger partial charge in [0.15, 0.2) is 0 Å². The Kier molecular flexibility index (Phi) is 6.30. The second-order valence-electron chi connectivity index (χ2n) is 7.68. The number of nitrogens with one attached hydrogen (secondary N) is 1. The number of nitrogens with zero attached hydrogens (tertiary/aromatic N) is 1. The van der Waals surface area contributed by atoms with E-state index in [0.29, 0.717) is 0 Å². The van der Waals surface area contributed by atoms with Gasteiger partial charge in [0, 0.05) is 19.3 Å². The highest BCUT2D eigenvalue weighted by molar-refractivity contribution is 5.68. The zero-order valence-electron chi connectivity index (χ0n) is 16.7. The summed E-state index contributed by atoms with van der Waals surface area (Å²) in [5.74, 6) is 0. The van der Waals surface area contributed by atoms with Crippen molar-refractivity contribution in [1.29, 1.82) is 0 Å². The quantitative estimate of drug-likeness (QED) is 0.767. The van der Waals surface area contributed by atoms with E-state index in [1.807, 2.05) is 45.9 Å². The molecule has 0 aliphatic heterocycles. The lowest BCUT2D eigenvalue weighted by molar-refractivity contribution is 0.0234. The Morgan fingerprint density at radius 3 is 2.42 bits per heavy atom. The standard InChI is InChI=1S/C22H30N2O2/c1-16-12-13-19(17(2)24(6)21(25)26-22(3,4)5)14-20(16)23-15-18-10-8-7-9-11-18/h7-14,17,23H,15H2,1-6H3/t17-/m1/s1. The Hall–Kier alpha value is -2.49. The van der Waals surface area contributed by atoms with Crippen molar-refractivity contribution < 1.29 is 9.53 Å². The van der Waals surface area contributed by atoms with Gasteiger partial charge in [-0.3, -0.25) is 0 Å². The predicted molar refractivity (Wildman–Crippen MR) is 107 cm³/mol. The molecule has 0 unspecified atom stereocenters. The Balaban J connectivity index is 2.10. The fraction of sp³-hybridized carbons (Fsp3) is 0.409. The lowest BCUT2D eigenvalue weighted by Crippen LogP contribution is -2.35. The molecule has 2 aromatic carbocycles. The minimum Gasteiger partial charge on any atom is -0.444 e. The Bertz CT molecular complexity index is 736. The van der Waals surface area contributed by atoms with Gasteiger partial charge in [0.05, 0.1) is 6.04 Å². The molecular weight excluding hydrogens is 324 g/mol. The van der Waals surface area contributed by atoms with Crippen LogP contribution in [0.15, 0.2) is 48.5 Å². The summed E-state index contributed by atoms with van der Waals surface area (Å²) in [6.07, 6.45) is -0.315. The molecule has 2 rings (SSSR count). The molecule has 0 spiro atoms. The lowest BCUT2D eigenvalue weighted by atomic mass is 10.0. The molecule has 26 heavy (non-hydrogen) atoms. The van der Waals surface area contributed by atoms with Crippen molar-refractivity contribution in [3.05, 3.63) is 65.2 Å². The lowest BCUT2D eigenvalue weighted by Gasteiger charge is -2.29. The van der Waals surface area contributed by atoms with E-state index in [0.717, 1.165) is 17.8 Å². The topological polar surface area (TPSA) is 41.6 Å². The van der Waals surface area contributed by atoms with Crippen LogP contribution in [0.1, 0.15) is 50.4 Å². The molecule has 4 heteroatoms. The normalized spacial score (nSPS) is 12.4. The van der Waals surface area contributed by atoms with Crippen molar-refractivity contribution in [3.8, 4) is 0 Å². The van der Waals surface area contributed by atoms with Crippen LogP contribution in [-0.2, 0) is 11.3 Å². The molecule has 140 valence electrons. The van der Waals surface area contributed by atoms with E-state index in [1.165, 1.54) is 11.1 Å². The van der Waals surface area contributed by atoms with E-state index < -0.39 is 5.60 Å². The van der Waals surface area contributed by atoms with Crippen molar-refractivity contribution in [2.75, 3.05) is 12.4 Å². The highest BCUT2D eigenvalue weighted by Crippen LogP contribution is 2.26. The van der Waals surface area contributed by atoms with E-state index in [2.05, 4.69) is 42.6 Å². The molecule has 0 aliphatic carbocycles. The van der Waals surface area contributed by atoms with Gasteiger partial charge in [0.1, 0.15) is 5.60 Å².